The lowest BCUT2D eigenvalue weighted by Gasteiger charge is -2.25. The highest BCUT2D eigenvalue weighted by Crippen LogP contribution is 2.31. The van der Waals surface area contributed by atoms with Gasteiger partial charge in [-0.05, 0) is 36.8 Å². The highest BCUT2D eigenvalue weighted by Gasteiger charge is 2.28. The molecular weight excluding hydrogens is 388 g/mol. The van der Waals surface area contributed by atoms with Crippen LogP contribution in [-0.2, 0) is 9.59 Å². The van der Waals surface area contributed by atoms with Crippen molar-refractivity contribution in [2.75, 3.05) is 18.2 Å². The standard InChI is InChI=1S/C21H22N4O3S/c1-13-18(20(22)27)19(14-6-4-3-5-7-14)25-21(23-13)29-12-17(26)24-15-8-10-16(28-2)11-9-15/h3-11,19H,12H2,1-2H3,(H2,22,27)(H,23,25)(H,24,26)/t19-/m0/s1. The molecule has 0 spiro atoms. The second kappa shape index (κ2) is 9.29. The number of nitrogens with zero attached hydrogens (tertiary/aromatic N) is 1. The van der Waals surface area contributed by atoms with E-state index in [1.165, 1.54) is 11.8 Å². The van der Waals surface area contributed by atoms with E-state index in [9.17, 15) is 9.59 Å². The van der Waals surface area contributed by atoms with Crippen molar-refractivity contribution in [3.63, 3.8) is 0 Å². The molecule has 3 rings (SSSR count). The van der Waals surface area contributed by atoms with Crippen LogP contribution in [0.3, 0.4) is 0 Å². The zero-order valence-electron chi connectivity index (χ0n) is 16.1. The molecule has 1 aliphatic heterocycles. The number of aliphatic imine (C=N–C) groups is 1. The number of hydrogen-bond acceptors (Lipinski definition) is 6. The van der Waals surface area contributed by atoms with Crippen LogP contribution >= 0.6 is 11.8 Å². The van der Waals surface area contributed by atoms with Crippen LogP contribution in [0, 0.1) is 0 Å². The number of hydrogen-bond donors (Lipinski definition) is 3. The predicted octanol–water partition coefficient (Wildman–Crippen LogP) is 2.83. The molecule has 0 aromatic heterocycles. The third-order valence-corrected chi connectivity index (χ3v) is 5.20. The van der Waals surface area contributed by atoms with Crippen LogP contribution in [0.2, 0.25) is 0 Å². The smallest absolute Gasteiger partial charge is 0.248 e. The van der Waals surface area contributed by atoms with Crippen LogP contribution in [-0.4, -0.2) is 29.8 Å². The molecule has 0 fully saturated rings. The number of primary amides is 1. The van der Waals surface area contributed by atoms with Gasteiger partial charge in [0.2, 0.25) is 11.8 Å². The lowest BCUT2D eigenvalue weighted by Crippen LogP contribution is -2.33. The Morgan fingerprint density at radius 2 is 1.86 bits per heavy atom. The van der Waals surface area contributed by atoms with Crippen molar-refractivity contribution < 1.29 is 14.3 Å². The number of benzene rings is 2. The number of carbonyl (C=O) groups excluding carboxylic acids is 2. The average Bonchev–Trinajstić information content (AvgIpc) is 2.72. The molecule has 0 unspecified atom stereocenters. The Kier molecular flexibility index (Phi) is 6.56. The molecular formula is C21H22N4O3S. The quantitative estimate of drug-likeness (QED) is 0.679. The fourth-order valence-corrected chi connectivity index (χ4v) is 3.67. The number of nitrogens with two attached hydrogens (primary N) is 1. The molecule has 4 N–H and O–H groups in total. The van der Waals surface area contributed by atoms with Crippen LogP contribution < -0.4 is 21.1 Å². The fraction of sp³-hybridized carbons (Fsp3) is 0.190. The minimum absolute atomic E-state index is 0.164. The number of amidine groups is 1. The van der Waals surface area contributed by atoms with Gasteiger partial charge < -0.3 is 21.1 Å². The molecule has 1 heterocycles. The van der Waals surface area contributed by atoms with E-state index in [-0.39, 0.29) is 11.7 Å². The van der Waals surface area contributed by atoms with Gasteiger partial charge in [-0.25, -0.2) is 4.99 Å². The first-order chi connectivity index (χ1) is 14.0. The maximum atomic E-state index is 12.3. The molecule has 8 heteroatoms. The Morgan fingerprint density at radius 3 is 2.48 bits per heavy atom. The zero-order valence-corrected chi connectivity index (χ0v) is 17.0. The van der Waals surface area contributed by atoms with E-state index in [4.69, 9.17) is 10.5 Å². The largest absolute Gasteiger partial charge is 0.497 e. The van der Waals surface area contributed by atoms with Crippen LogP contribution in [0.15, 0.2) is 70.9 Å². The average molecular weight is 410 g/mol. The Morgan fingerprint density at radius 1 is 1.17 bits per heavy atom. The van der Waals surface area contributed by atoms with Crippen molar-refractivity contribution in [3.05, 3.63) is 71.4 Å². The lowest BCUT2D eigenvalue weighted by atomic mass is 9.96. The Bertz CT molecular complexity index is 956. The van der Waals surface area contributed by atoms with Crippen LogP contribution in [0.5, 0.6) is 5.75 Å². The summed E-state index contributed by atoms with van der Waals surface area (Å²) in [5.74, 6) is 0.202. The molecule has 0 saturated heterocycles. The summed E-state index contributed by atoms with van der Waals surface area (Å²) in [6.45, 7) is 1.78. The van der Waals surface area contributed by atoms with E-state index in [1.807, 2.05) is 30.3 Å². The summed E-state index contributed by atoms with van der Waals surface area (Å²) < 4.78 is 5.10. The number of rotatable bonds is 6. The fourth-order valence-electron chi connectivity index (χ4n) is 2.92. The van der Waals surface area contributed by atoms with Crippen molar-refractivity contribution >= 4 is 34.4 Å². The molecule has 2 aromatic carbocycles. The number of thioether (sulfide) groups is 1. The summed E-state index contributed by atoms with van der Waals surface area (Å²) in [5.41, 5.74) is 8.18. The van der Waals surface area contributed by atoms with Crippen molar-refractivity contribution in [1.82, 2.24) is 5.32 Å². The minimum Gasteiger partial charge on any atom is -0.497 e. The Hall–Kier alpha value is -3.26. The molecule has 0 aliphatic carbocycles. The number of anilines is 1. The van der Waals surface area contributed by atoms with Crippen molar-refractivity contribution in [2.45, 2.75) is 13.0 Å². The number of nitrogens with one attached hydrogen (secondary N) is 2. The van der Waals surface area contributed by atoms with Crippen molar-refractivity contribution in [1.29, 1.82) is 0 Å². The number of ether oxygens (including phenoxy) is 1. The second-order valence-electron chi connectivity index (χ2n) is 6.34. The third-order valence-electron chi connectivity index (χ3n) is 4.31. The monoisotopic (exact) mass is 410 g/mol. The van der Waals surface area contributed by atoms with Gasteiger partial charge in [-0.2, -0.15) is 0 Å². The normalized spacial score (nSPS) is 15.9. The minimum atomic E-state index is -0.520. The summed E-state index contributed by atoms with van der Waals surface area (Å²) in [7, 11) is 1.59. The maximum absolute atomic E-state index is 12.3. The molecule has 0 saturated carbocycles. The van der Waals surface area contributed by atoms with Crippen LogP contribution in [0.1, 0.15) is 18.5 Å². The topological polar surface area (TPSA) is 106 Å². The molecule has 0 bridgehead atoms. The number of methoxy groups -OCH3 is 1. The highest BCUT2D eigenvalue weighted by molar-refractivity contribution is 8.14. The summed E-state index contributed by atoms with van der Waals surface area (Å²) in [6.07, 6.45) is 0. The summed E-state index contributed by atoms with van der Waals surface area (Å²) in [4.78, 5) is 28.8. The van der Waals surface area contributed by atoms with Crippen LogP contribution in [0.25, 0.3) is 0 Å². The molecule has 2 aromatic rings. The number of allylic oxidation sites excluding steroid dienone is 1. The first-order valence-electron chi connectivity index (χ1n) is 8.95. The molecule has 2 amide bonds. The van der Waals surface area contributed by atoms with Gasteiger partial charge in [0.25, 0.3) is 0 Å². The van der Waals surface area contributed by atoms with E-state index in [1.54, 1.807) is 38.3 Å². The predicted molar refractivity (Wildman–Crippen MR) is 116 cm³/mol. The van der Waals surface area contributed by atoms with Gasteiger partial charge in [0.15, 0.2) is 5.17 Å². The van der Waals surface area contributed by atoms with Gasteiger partial charge in [-0.1, -0.05) is 42.1 Å². The zero-order chi connectivity index (χ0) is 20.8. The Labute approximate surface area is 173 Å². The van der Waals surface area contributed by atoms with Gasteiger partial charge in [0.05, 0.1) is 18.4 Å². The van der Waals surface area contributed by atoms with E-state index < -0.39 is 11.9 Å². The van der Waals surface area contributed by atoms with E-state index in [2.05, 4.69) is 15.6 Å². The number of amides is 2. The third kappa shape index (κ3) is 5.17. The molecule has 29 heavy (non-hydrogen) atoms. The first kappa shape index (κ1) is 20.5. The van der Waals surface area contributed by atoms with Crippen molar-refractivity contribution in [2.24, 2.45) is 10.7 Å². The molecule has 1 aliphatic rings. The van der Waals surface area contributed by atoms with Crippen LogP contribution in [0.4, 0.5) is 5.69 Å². The summed E-state index contributed by atoms with van der Waals surface area (Å²) in [6, 6.07) is 16.1. The van der Waals surface area contributed by atoms with Gasteiger partial charge in [-0.3, -0.25) is 9.59 Å². The molecule has 150 valence electrons. The highest BCUT2D eigenvalue weighted by atomic mass is 32.2. The molecule has 0 radical (unpaired) electrons. The van der Waals surface area contributed by atoms with Gasteiger partial charge in [-0.15, -0.1) is 0 Å². The SMILES string of the molecule is COc1ccc(NC(=O)CSC2=N[C@@H](c3ccccc3)C(C(N)=O)=C(C)N2)cc1. The van der Waals surface area contributed by atoms with Gasteiger partial charge in [0, 0.05) is 11.4 Å². The van der Waals surface area contributed by atoms with E-state index in [0.29, 0.717) is 22.1 Å². The van der Waals surface area contributed by atoms with Gasteiger partial charge >= 0.3 is 0 Å². The Balaban J connectivity index is 1.68. The number of carbonyl (C=O) groups is 2. The second-order valence-corrected chi connectivity index (χ2v) is 7.30. The van der Waals surface area contributed by atoms with Crippen molar-refractivity contribution in [3.8, 4) is 5.75 Å². The first-order valence-corrected chi connectivity index (χ1v) is 9.93. The van der Waals surface area contributed by atoms with E-state index in [0.717, 1.165) is 11.3 Å². The van der Waals surface area contributed by atoms with E-state index >= 15 is 0 Å². The maximum Gasteiger partial charge on any atom is 0.248 e. The summed E-state index contributed by atoms with van der Waals surface area (Å²) in [5, 5.41) is 6.47. The summed E-state index contributed by atoms with van der Waals surface area (Å²) >= 11 is 1.26. The molecule has 1 atom stereocenters. The molecule has 7 nitrogen and oxygen atoms in total. The lowest BCUT2D eigenvalue weighted by molar-refractivity contribution is -0.115. The van der Waals surface area contributed by atoms with Gasteiger partial charge in [0.1, 0.15) is 11.8 Å².